The van der Waals surface area contributed by atoms with Gasteiger partial charge in [0.2, 0.25) is 0 Å². The molecule has 10 heteroatoms. The Bertz CT molecular complexity index is 1570. The third-order valence-corrected chi connectivity index (χ3v) is 7.70. The number of carbonyl (C=O) groups excluding carboxylic acids is 1. The second-order valence-electron chi connectivity index (χ2n) is 7.99. The Morgan fingerprint density at radius 2 is 1.97 bits per heavy atom. The summed E-state index contributed by atoms with van der Waals surface area (Å²) in [6.45, 7) is 7.73. The maximum absolute atomic E-state index is 13.8. The van der Waals surface area contributed by atoms with Gasteiger partial charge in [-0.1, -0.05) is 52.1 Å². The number of thiazole rings is 1. The molecular weight excluding hydrogens is 624 g/mol. The van der Waals surface area contributed by atoms with E-state index < -0.39 is 12.0 Å². The SMILES string of the molecule is C=CCOc1c(Br)cc(/C=c2/sc3n(c2=O)C(c2ccc(Br)cc2)C(C(=O)OCC)=C(C)N=3)cc1OC. The summed E-state index contributed by atoms with van der Waals surface area (Å²) in [4.78, 5) is 31.9. The van der Waals surface area contributed by atoms with Gasteiger partial charge in [0.15, 0.2) is 16.3 Å². The number of nitrogens with zero attached hydrogens (tertiary/aromatic N) is 2. The van der Waals surface area contributed by atoms with Crippen molar-refractivity contribution in [3.63, 3.8) is 0 Å². The number of halogens is 2. The van der Waals surface area contributed by atoms with Crippen molar-refractivity contribution in [2.45, 2.75) is 19.9 Å². The van der Waals surface area contributed by atoms with Crippen molar-refractivity contribution in [1.29, 1.82) is 0 Å². The summed E-state index contributed by atoms with van der Waals surface area (Å²) in [7, 11) is 1.55. The van der Waals surface area contributed by atoms with Crippen LogP contribution in [0.3, 0.4) is 0 Å². The number of esters is 1. The van der Waals surface area contributed by atoms with Crippen molar-refractivity contribution in [3.8, 4) is 11.5 Å². The van der Waals surface area contributed by atoms with Crippen LogP contribution in [0, 0.1) is 0 Å². The van der Waals surface area contributed by atoms with Gasteiger partial charge in [-0.15, -0.1) is 0 Å². The van der Waals surface area contributed by atoms with E-state index in [4.69, 9.17) is 14.2 Å². The first-order valence-electron chi connectivity index (χ1n) is 11.3. The molecule has 2 heterocycles. The largest absolute Gasteiger partial charge is 0.493 e. The first kappa shape index (κ1) is 27.1. The summed E-state index contributed by atoms with van der Waals surface area (Å²) in [6, 6.07) is 10.5. The molecule has 7 nitrogen and oxygen atoms in total. The molecule has 0 saturated carbocycles. The van der Waals surface area contributed by atoms with Crippen LogP contribution in [-0.2, 0) is 9.53 Å². The maximum atomic E-state index is 13.8. The number of carbonyl (C=O) groups is 1. The Morgan fingerprint density at radius 1 is 1.24 bits per heavy atom. The predicted octanol–water partition coefficient (Wildman–Crippen LogP) is 4.90. The monoisotopic (exact) mass is 646 g/mol. The zero-order valence-corrected chi connectivity index (χ0v) is 24.4. The lowest BCUT2D eigenvalue weighted by Crippen LogP contribution is -2.39. The van der Waals surface area contributed by atoms with Crippen molar-refractivity contribution < 1.29 is 19.0 Å². The first-order chi connectivity index (χ1) is 17.8. The van der Waals surface area contributed by atoms with Crippen molar-refractivity contribution >= 4 is 55.2 Å². The molecule has 1 unspecified atom stereocenters. The van der Waals surface area contributed by atoms with Gasteiger partial charge in [-0.2, -0.15) is 0 Å². The molecule has 0 spiro atoms. The Balaban J connectivity index is 1.90. The van der Waals surface area contributed by atoms with Crippen LogP contribution in [0.5, 0.6) is 11.5 Å². The highest BCUT2D eigenvalue weighted by Gasteiger charge is 2.33. The Kier molecular flexibility index (Phi) is 8.51. The van der Waals surface area contributed by atoms with E-state index in [2.05, 4.69) is 43.4 Å². The van der Waals surface area contributed by atoms with Crippen LogP contribution in [0.4, 0.5) is 0 Å². The van der Waals surface area contributed by atoms with Crippen LogP contribution in [-0.4, -0.2) is 30.9 Å². The van der Waals surface area contributed by atoms with Gasteiger partial charge in [-0.25, -0.2) is 9.79 Å². The zero-order chi connectivity index (χ0) is 26.7. The molecule has 0 amide bonds. The van der Waals surface area contributed by atoms with Crippen LogP contribution >= 0.6 is 43.2 Å². The Hall–Kier alpha value is -2.95. The van der Waals surface area contributed by atoms with E-state index in [0.29, 0.717) is 43.2 Å². The first-order valence-corrected chi connectivity index (χ1v) is 13.8. The molecule has 3 aromatic rings. The summed E-state index contributed by atoms with van der Waals surface area (Å²) < 4.78 is 20.2. The van der Waals surface area contributed by atoms with Crippen molar-refractivity contribution in [2.24, 2.45) is 4.99 Å². The molecule has 0 saturated heterocycles. The van der Waals surface area contributed by atoms with Gasteiger partial charge >= 0.3 is 5.97 Å². The smallest absolute Gasteiger partial charge is 0.338 e. The van der Waals surface area contributed by atoms with E-state index in [0.717, 1.165) is 15.6 Å². The molecule has 0 bridgehead atoms. The second-order valence-corrected chi connectivity index (χ2v) is 10.8. The van der Waals surface area contributed by atoms with E-state index >= 15 is 0 Å². The summed E-state index contributed by atoms with van der Waals surface area (Å²) in [5.41, 5.74) is 2.12. The average Bonchev–Trinajstić information content (AvgIpc) is 3.17. The molecule has 4 rings (SSSR count). The minimum Gasteiger partial charge on any atom is -0.493 e. The van der Waals surface area contributed by atoms with Crippen LogP contribution < -0.4 is 24.4 Å². The number of allylic oxidation sites excluding steroid dienone is 1. The topological polar surface area (TPSA) is 79.1 Å². The second kappa shape index (κ2) is 11.6. The minimum absolute atomic E-state index is 0.219. The number of ether oxygens (including phenoxy) is 3. The fraction of sp³-hybridized carbons (Fsp3) is 0.222. The van der Waals surface area contributed by atoms with Gasteiger partial charge in [0, 0.05) is 4.47 Å². The van der Waals surface area contributed by atoms with E-state index in [1.165, 1.54) is 11.3 Å². The number of benzene rings is 2. The highest BCUT2D eigenvalue weighted by Crippen LogP contribution is 2.37. The Labute approximate surface area is 234 Å². The number of fused-ring (bicyclic) bond motifs is 1. The molecule has 0 aliphatic carbocycles. The van der Waals surface area contributed by atoms with Gasteiger partial charge in [0.05, 0.1) is 40.0 Å². The molecule has 192 valence electrons. The molecule has 1 atom stereocenters. The number of rotatable bonds is 8. The number of hydrogen-bond acceptors (Lipinski definition) is 7. The molecule has 0 fully saturated rings. The molecular formula is C27H24Br2N2O5S. The molecule has 0 N–H and O–H groups in total. The van der Waals surface area contributed by atoms with Crippen LogP contribution in [0.25, 0.3) is 6.08 Å². The highest BCUT2D eigenvalue weighted by molar-refractivity contribution is 9.10. The lowest BCUT2D eigenvalue weighted by molar-refractivity contribution is -0.139. The van der Waals surface area contributed by atoms with Crippen molar-refractivity contribution in [1.82, 2.24) is 4.57 Å². The lowest BCUT2D eigenvalue weighted by atomic mass is 9.96. The predicted molar refractivity (Wildman–Crippen MR) is 151 cm³/mol. The quantitative estimate of drug-likeness (QED) is 0.257. The number of aromatic nitrogens is 1. The summed E-state index contributed by atoms with van der Waals surface area (Å²) >= 11 is 8.24. The minimum atomic E-state index is -0.665. The van der Waals surface area contributed by atoms with Crippen LogP contribution in [0.15, 0.2) is 79.1 Å². The van der Waals surface area contributed by atoms with Gasteiger partial charge < -0.3 is 14.2 Å². The fourth-order valence-electron chi connectivity index (χ4n) is 4.01. The lowest BCUT2D eigenvalue weighted by Gasteiger charge is -2.24. The number of hydrogen-bond donors (Lipinski definition) is 0. The number of methoxy groups -OCH3 is 1. The normalized spacial score (nSPS) is 15.2. The third kappa shape index (κ3) is 5.51. The molecule has 1 aliphatic rings. The highest BCUT2D eigenvalue weighted by atomic mass is 79.9. The van der Waals surface area contributed by atoms with E-state index in [9.17, 15) is 9.59 Å². The summed E-state index contributed by atoms with van der Waals surface area (Å²) in [5, 5.41) is 0. The molecule has 1 aliphatic heterocycles. The Morgan fingerprint density at radius 3 is 2.62 bits per heavy atom. The molecule has 0 radical (unpaired) electrons. The van der Waals surface area contributed by atoms with Gasteiger partial charge in [0.1, 0.15) is 6.61 Å². The molecule has 2 aromatic carbocycles. The average molecular weight is 648 g/mol. The zero-order valence-electron chi connectivity index (χ0n) is 20.4. The van der Waals surface area contributed by atoms with Gasteiger partial charge in [-0.05, 0) is 71.2 Å². The van der Waals surface area contributed by atoms with Crippen molar-refractivity contribution in [2.75, 3.05) is 20.3 Å². The van der Waals surface area contributed by atoms with Crippen molar-refractivity contribution in [3.05, 3.63) is 100 Å². The fourth-order valence-corrected chi connectivity index (χ4v) is 5.89. The van der Waals surface area contributed by atoms with E-state index in [-0.39, 0.29) is 12.2 Å². The summed E-state index contributed by atoms with van der Waals surface area (Å²) in [5.74, 6) is 0.573. The van der Waals surface area contributed by atoms with Gasteiger partial charge in [-0.3, -0.25) is 9.36 Å². The van der Waals surface area contributed by atoms with E-state index in [1.807, 2.05) is 30.3 Å². The third-order valence-electron chi connectivity index (χ3n) is 5.60. The standard InChI is InChI=1S/C27H24Br2N2O5S/c1-5-11-36-24-19(29)12-16(13-20(24)34-4)14-21-25(32)31-23(17-7-9-18(28)10-8-17)22(26(33)35-6-2)15(3)30-27(31)37-21/h5,7-10,12-14,23H,1,6,11H2,2-4H3/b21-14+. The van der Waals surface area contributed by atoms with Crippen LogP contribution in [0.2, 0.25) is 0 Å². The van der Waals surface area contributed by atoms with Gasteiger partial charge in [0.25, 0.3) is 5.56 Å². The van der Waals surface area contributed by atoms with E-state index in [1.54, 1.807) is 43.7 Å². The van der Waals surface area contributed by atoms with Crippen LogP contribution in [0.1, 0.15) is 31.0 Å². The summed E-state index contributed by atoms with van der Waals surface area (Å²) in [6.07, 6.45) is 3.42. The maximum Gasteiger partial charge on any atom is 0.338 e. The molecule has 37 heavy (non-hydrogen) atoms. The molecule has 1 aromatic heterocycles.